The smallest absolute Gasteiger partial charge is 0.282 e. The Morgan fingerprint density at radius 3 is 2.44 bits per heavy atom. The van der Waals surface area contributed by atoms with Gasteiger partial charge in [-0.05, 0) is 36.2 Å². The Hall–Kier alpha value is -4.00. The summed E-state index contributed by atoms with van der Waals surface area (Å²) in [6, 6.07) is 18.2. The largest absolute Gasteiger partial charge is 0.494 e. The highest BCUT2D eigenvalue weighted by Crippen LogP contribution is 2.35. The van der Waals surface area contributed by atoms with Crippen LogP contribution in [0.15, 0.2) is 78.5 Å². The summed E-state index contributed by atoms with van der Waals surface area (Å²) in [5.74, 6) is -2.56. The van der Waals surface area contributed by atoms with Crippen molar-refractivity contribution in [3.05, 3.63) is 95.7 Å². The fourth-order valence-corrected chi connectivity index (χ4v) is 3.42. The molecule has 4 rings (SSSR count). The first-order valence-electron chi connectivity index (χ1n) is 10.1. The van der Waals surface area contributed by atoms with Gasteiger partial charge in [0.25, 0.3) is 11.8 Å². The highest BCUT2D eigenvalue weighted by atomic mass is 19.1. The molecule has 1 aliphatic rings. The molecule has 3 aromatic rings. The van der Waals surface area contributed by atoms with Crippen LogP contribution >= 0.6 is 0 Å². The molecule has 0 saturated heterocycles. The number of hydrogen-bond acceptors (Lipinski definition) is 4. The van der Waals surface area contributed by atoms with Crippen LogP contribution in [0.25, 0.3) is 5.57 Å². The second-order valence-electron chi connectivity index (χ2n) is 7.16. The van der Waals surface area contributed by atoms with E-state index in [0.29, 0.717) is 28.5 Å². The lowest BCUT2D eigenvalue weighted by atomic mass is 10.0. The van der Waals surface area contributed by atoms with Gasteiger partial charge in [-0.3, -0.25) is 9.59 Å². The lowest BCUT2D eigenvalue weighted by Crippen LogP contribution is -2.33. The Morgan fingerprint density at radius 1 is 0.906 bits per heavy atom. The maximum absolute atomic E-state index is 14.5. The standard InChI is InChI=1S/C25H20F2N2O3/c1-2-13-32-19-10-6-9-18(15-19)28-23-22(16-7-4-3-5-8-16)24(30)29(25(23)31)21-14-17(26)11-12-20(21)27/h3-12,14-15,28H,2,13H2,1H3. The Kier molecular flexibility index (Phi) is 5.98. The molecule has 0 radical (unpaired) electrons. The predicted molar refractivity (Wildman–Crippen MR) is 118 cm³/mol. The number of hydrogen-bond donors (Lipinski definition) is 1. The molecule has 2 amide bonds. The first-order valence-corrected chi connectivity index (χ1v) is 10.1. The van der Waals surface area contributed by atoms with Gasteiger partial charge in [0.15, 0.2) is 0 Å². The first-order chi connectivity index (χ1) is 15.5. The van der Waals surface area contributed by atoms with Gasteiger partial charge in [0.05, 0.1) is 17.9 Å². The Balaban J connectivity index is 1.78. The maximum atomic E-state index is 14.5. The molecule has 32 heavy (non-hydrogen) atoms. The Bertz CT molecular complexity index is 1210. The normalized spacial score (nSPS) is 13.7. The molecule has 5 nitrogen and oxygen atoms in total. The zero-order valence-electron chi connectivity index (χ0n) is 17.3. The zero-order valence-corrected chi connectivity index (χ0v) is 17.3. The molecule has 1 heterocycles. The Labute approximate surface area is 183 Å². The number of carbonyl (C=O) groups excluding carboxylic acids is 2. The van der Waals surface area contributed by atoms with Crippen LogP contribution in [0.3, 0.4) is 0 Å². The minimum atomic E-state index is -0.878. The summed E-state index contributed by atoms with van der Waals surface area (Å²) in [5, 5.41) is 2.99. The number of carbonyl (C=O) groups is 2. The van der Waals surface area contributed by atoms with Gasteiger partial charge in [0, 0.05) is 17.8 Å². The molecule has 0 aliphatic carbocycles. The predicted octanol–water partition coefficient (Wildman–Crippen LogP) is 5.15. The SMILES string of the molecule is CCCOc1cccc(NC2=C(c3ccccc3)C(=O)N(c3cc(F)ccc3F)C2=O)c1. The maximum Gasteiger partial charge on any atom is 0.282 e. The van der Waals surface area contributed by atoms with Gasteiger partial charge < -0.3 is 10.1 Å². The van der Waals surface area contributed by atoms with Crippen LogP contribution in [0.2, 0.25) is 0 Å². The van der Waals surface area contributed by atoms with Gasteiger partial charge in [-0.15, -0.1) is 0 Å². The number of halogens is 2. The van der Waals surface area contributed by atoms with Crippen molar-refractivity contribution in [3.63, 3.8) is 0 Å². The van der Waals surface area contributed by atoms with Crippen molar-refractivity contribution in [1.82, 2.24) is 0 Å². The average Bonchev–Trinajstić information content (AvgIpc) is 3.04. The van der Waals surface area contributed by atoms with Crippen molar-refractivity contribution in [2.75, 3.05) is 16.8 Å². The second kappa shape index (κ2) is 9.01. The second-order valence-corrected chi connectivity index (χ2v) is 7.16. The van der Waals surface area contributed by atoms with Crippen molar-refractivity contribution in [2.24, 2.45) is 0 Å². The van der Waals surface area contributed by atoms with Crippen molar-refractivity contribution < 1.29 is 23.1 Å². The summed E-state index contributed by atoms with van der Waals surface area (Å²) < 4.78 is 33.9. The minimum absolute atomic E-state index is 0.0301. The lowest BCUT2D eigenvalue weighted by Gasteiger charge is -2.16. The van der Waals surface area contributed by atoms with Crippen molar-refractivity contribution >= 4 is 28.8 Å². The van der Waals surface area contributed by atoms with Crippen LogP contribution in [0.5, 0.6) is 5.75 Å². The van der Waals surface area contributed by atoms with Crippen LogP contribution in [-0.4, -0.2) is 18.4 Å². The zero-order chi connectivity index (χ0) is 22.7. The van der Waals surface area contributed by atoms with Gasteiger partial charge in [0.2, 0.25) is 0 Å². The number of rotatable bonds is 7. The van der Waals surface area contributed by atoms with E-state index < -0.39 is 29.1 Å². The van der Waals surface area contributed by atoms with Crippen LogP contribution in [0.1, 0.15) is 18.9 Å². The minimum Gasteiger partial charge on any atom is -0.494 e. The van der Waals surface area contributed by atoms with E-state index in [1.54, 1.807) is 54.6 Å². The summed E-state index contributed by atoms with van der Waals surface area (Å²) in [7, 11) is 0. The highest BCUT2D eigenvalue weighted by molar-refractivity contribution is 6.46. The van der Waals surface area contributed by atoms with E-state index >= 15 is 0 Å². The van der Waals surface area contributed by atoms with Crippen molar-refractivity contribution in [2.45, 2.75) is 13.3 Å². The third kappa shape index (κ3) is 4.09. The number of nitrogens with zero attached hydrogens (tertiary/aromatic N) is 1. The Morgan fingerprint density at radius 2 is 1.69 bits per heavy atom. The number of imide groups is 1. The number of ether oxygens (including phenoxy) is 1. The average molecular weight is 434 g/mol. The van der Waals surface area contributed by atoms with Crippen LogP contribution < -0.4 is 15.0 Å². The van der Waals surface area contributed by atoms with Gasteiger partial charge in [0.1, 0.15) is 23.1 Å². The molecule has 3 aromatic carbocycles. The fraction of sp³-hybridized carbons (Fsp3) is 0.120. The molecule has 0 spiro atoms. The van der Waals surface area contributed by atoms with Crippen molar-refractivity contribution in [3.8, 4) is 5.75 Å². The molecule has 0 saturated carbocycles. The molecule has 0 bridgehead atoms. The first kappa shape index (κ1) is 21.2. The fourth-order valence-electron chi connectivity index (χ4n) is 3.42. The van der Waals surface area contributed by atoms with E-state index in [1.807, 2.05) is 6.92 Å². The summed E-state index contributed by atoms with van der Waals surface area (Å²) in [5.41, 5.74) is 0.595. The molecule has 7 heteroatoms. The third-order valence-electron chi connectivity index (χ3n) is 4.87. The van der Waals surface area contributed by atoms with E-state index in [9.17, 15) is 18.4 Å². The molecule has 0 fully saturated rings. The van der Waals surface area contributed by atoms with E-state index in [-0.39, 0.29) is 11.3 Å². The number of benzene rings is 3. The topological polar surface area (TPSA) is 58.6 Å². The quantitative estimate of drug-likeness (QED) is 0.523. The molecular formula is C25H20F2N2O3. The molecule has 162 valence electrons. The molecule has 1 aliphatic heterocycles. The van der Waals surface area contributed by atoms with Crippen molar-refractivity contribution in [1.29, 1.82) is 0 Å². The van der Waals surface area contributed by atoms with Gasteiger partial charge in [-0.25, -0.2) is 13.7 Å². The molecule has 1 N–H and O–H groups in total. The van der Waals surface area contributed by atoms with Gasteiger partial charge in [-0.1, -0.05) is 43.3 Å². The number of nitrogens with one attached hydrogen (secondary N) is 1. The highest BCUT2D eigenvalue weighted by Gasteiger charge is 2.41. The number of amides is 2. The summed E-state index contributed by atoms with van der Waals surface area (Å²) in [6.07, 6.45) is 0.835. The van der Waals surface area contributed by atoms with E-state index in [2.05, 4.69) is 5.32 Å². The van der Waals surface area contributed by atoms with Crippen LogP contribution in [0, 0.1) is 11.6 Å². The number of anilines is 2. The summed E-state index contributed by atoms with van der Waals surface area (Å²) >= 11 is 0. The third-order valence-corrected chi connectivity index (χ3v) is 4.87. The van der Waals surface area contributed by atoms with Gasteiger partial charge in [-0.2, -0.15) is 0 Å². The summed E-state index contributed by atoms with van der Waals surface area (Å²) in [6.45, 7) is 2.52. The van der Waals surface area contributed by atoms with E-state index in [0.717, 1.165) is 24.6 Å². The summed E-state index contributed by atoms with van der Waals surface area (Å²) in [4.78, 5) is 27.2. The molecular weight excluding hydrogens is 414 g/mol. The van der Waals surface area contributed by atoms with E-state index in [1.165, 1.54) is 0 Å². The monoisotopic (exact) mass is 434 g/mol. The van der Waals surface area contributed by atoms with E-state index in [4.69, 9.17) is 4.74 Å². The molecule has 0 atom stereocenters. The van der Waals surface area contributed by atoms with Crippen LogP contribution in [0.4, 0.5) is 20.2 Å². The van der Waals surface area contributed by atoms with Crippen LogP contribution in [-0.2, 0) is 9.59 Å². The molecule has 0 aromatic heterocycles. The lowest BCUT2D eigenvalue weighted by molar-refractivity contribution is -0.120. The molecule has 0 unspecified atom stereocenters. The van der Waals surface area contributed by atoms with Gasteiger partial charge >= 0.3 is 0 Å².